The van der Waals surface area contributed by atoms with Gasteiger partial charge in [-0.05, 0) is 153 Å². The molecular weight excluding hydrogens is 737 g/mol. The van der Waals surface area contributed by atoms with Gasteiger partial charge in [-0.25, -0.2) is 0 Å². The molecule has 0 spiro atoms. The number of fused-ring (bicyclic) bond motifs is 2. The summed E-state index contributed by atoms with van der Waals surface area (Å²) in [4.78, 5) is 5.35. The Hall–Kier alpha value is -4.82. The molecule has 0 aliphatic heterocycles. The van der Waals surface area contributed by atoms with Crippen LogP contribution in [-0.4, -0.2) is 17.0 Å². The second kappa shape index (κ2) is 19.5. The van der Waals surface area contributed by atoms with E-state index in [2.05, 4.69) is 211 Å². The molecule has 0 bridgehead atoms. The van der Waals surface area contributed by atoms with Gasteiger partial charge in [-0.3, -0.25) is 0 Å². The van der Waals surface area contributed by atoms with Gasteiger partial charge in [0.2, 0.25) is 0 Å². The minimum absolute atomic E-state index is 0.00274. The molecule has 0 N–H and O–H groups in total. The van der Waals surface area contributed by atoms with E-state index in [1.807, 2.05) is 6.08 Å². The molecule has 0 heterocycles. The van der Waals surface area contributed by atoms with E-state index >= 15 is 0 Å². The molecular formula is C59H74N2. The smallest absolute Gasteiger partial charge is 0.0556 e. The molecule has 6 aliphatic carbocycles. The zero-order valence-electron chi connectivity index (χ0n) is 38.8. The van der Waals surface area contributed by atoms with Crippen molar-refractivity contribution in [1.29, 1.82) is 0 Å². The van der Waals surface area contributed by atoms with Crippen molar-refractivity contribution >= 4 is 5.69 Å². The third-order valence-corrected chi connectivity index (χ3v) is 13.9. The van der Waals surface area contributed by atoms with Gasteiger partial charge < -0.3 is 9.80 Å². The van der Waals surface area contributed by atoms with Gasteiger partial charge in [-0.15, -0.1) is 6.58 Å². The predicted molar refractivity (Wildman–Crippen MR) is 265 cm³/mol. The number of benzene rings is 1. The van der Waals surface area contributed by atoms with Gasteiger partial charge >= 0.3 is 0 Å². The summed E-state index contributed by atoms with van der Waals surface area (Å²) in [7, 11) is 0. The summed E-state index contributed by atoms with van der Waals surface area (Å²) in [6.07, 6.45) is 56.6. The molecule has 0 fully saturated rings. The van der Waals surface area contributed by atoms with Crippen LogP contribution >= 0.6 is 0 Å². The Bertz CT molecular complexity index is 2160. The quantitative estimate of drug-likeness (QED) is 0.111. The van der Waals surface area contributed by atoms with Crippen LogP contribution < -0.4 is 4.90 Å². The first-order valence-corrected chi connectivity index (χ1v) is 23.6. The molecule has 61 heavy (non-hydrogen) atoms. The predicted octanol–water partition coefficient (Wildman–Crippen LogP) is 15.8. The van der Waals surface area contributed by atoms with Crippen LogP contribution in [0, 0.1) is 34.5 Å². The first-order chi connectivity index (χ1) is 29.4. The summed E-state index contributed by atoms with van der Waals surface area (Å²) in [6, 6.07) is 10.1. The molecule has 6 aliphatic rings. The zero-order chi connectivity index (χ0) is 43.1. The topological polar surface area (TPSA) is 6.48 Å². The zero-order valence-corrected chi connectivity index (χ0v) is 38.8. The van der Waals surface area contributed by atoms with Crippen molar-refractivity contribution in [3.8, 4) is 0 Å². The fourth-order valence-corrected chi connectivity index (χ4v) is 11.2. The van der Waals surface area contributed by atoms with Crippen LogP contribution in [0.25, 0.3) is 0 Å². The number of hydrogen-bond donors (Lipinski definition) is 0. The summed E-state index contributed by atoms with van der Waals surface area (Å²) in [5, 5.41) is 0. The second-order valence-electron chi connectivity index (χ2n) is 20.1. The van der Waals surface area contributed by atoms with E-state index in [9.17, 15) is 0 Å². The average molecular weight is 811 g/mol. The Kier molecular flexibility index (Phi) is 14.1. The standard InChI is InChI=1S/C59H74N2/c1-10-13-14-15-18-24-43-29-33-48(34-30-43)60(46(12-3)23-11-2)50-37-39-52-54(41-50)56(58(4,5)6)53-40-38-51(42-55(53)57(52)59(7,8)9)61(47-27-21-17-22-28-47)49-35-31-45(32-36-49)44-25-19-16-20-26-44/h10-12,15-23,25,27,29-31,33-35,38-40,42,44,47,50,53-54,56H,1,13-14,24,26,28,32,36-37,41H2,2-9H3/b18-15-,23-11-,46-12+. The number of allylic oxidation sites excluding steroid dienone is 22. The lowest BCUT2D eigenvalue weighted by Crippen LogP contribution is -2.47. The van der Waals surface area contributed by atoms with E-state index in [-0.39, 0.29) is 10.8 Å². The fraction of sp³-hybridized carbons (Fsp3) is 0.424. The van der Waals surface area contributed by atoms with Crippen LogP contribution in [-0.2, 0) is 6.42 Å². The van der Waals surface area contributed by atoms with Crippen molar-refractivity contribution in [2.24, 2.45) is 34.5 Å². The average Bonchev–Trinajstić information content (AvgIpc) is 3.26. The monoisotopic (exact) mass is 811 g/mol. The van der Waals surface area contributed by atoms with Gasteiger partial charge in [0.15, 0.2) is 0 Å². The molecule has 0 saturated heterocycles. The van der Waals surface area contributed by atoms with Crippen LogP contribution in [0.1, 0.15) is 112 Å². The number of rotatable bonds is 13. The lowest BCUT2D eigenvalue weighted by atomic mass is 9.52. The Balaban J connectivity index is 1.28. The van der Waals surface area contributed by atoms with Gasteiger partial charge in [0.05, 0.1) is 6.04 Å². The highest BCUT2D eigenvalue weighted by molar-refractivity contribution is 5.60. The van der Waals surface area contributed by atoms with Crippen LogP contribution in [0.15, 0.2) is 192 Å². The maximum absolute atomic E-state index is 3.87. The van der Waals surface area contributed by atoms with E-state index in [0.717, 1.165) is 57.8 Å². The lowest BCUT2D eigenvalue weighted by Gasteiger charge is -2.54. The molecule has 0 aromatic heterocycles. The minimum Gasteiger partial charge on any atom is -0.338 e. The molecule has 0 saturated carbocycles. The maximum atomic E-state index is 3.87. The van der Waals surface area contributed by atoms with E-state index in [1.54, 1.807) is 22.3 Å². The van der Waals surface area contributed by atoms with Gasteiger partial charge in [-0.2, -0.15) is 0 Å². The largest absolute Gasteiger partial charge is 0.338 e. The second-order valence-corrected chi connectivity index (χ2v) is 20.1. The summed E-state index contributed by atoms with van der Waals surface area (Å²) >= 11 is 0. The molecule has 320 valence electrons. The molecule has 6 unspecified atom stereocenters. The summed E-state index contributed by atoms with van der Waals surface area (Å²) in [6.45, 7) is 23.1. The van der Waals surface area contributed by atoms with Gasteiger partial charge in [0.25, 0.3) is 0 Å². The molecule has 0 amide bonds. The van der Waals surface area contributed by atoms with Crippen molar-refractivity contribution in [2.75, 3.05) is 4.90 Å². The van der Waals surface area contributed by atoms with Crippen LogP contribution in [0.2, 0.25) is 0 Å². The van der Waals surface area contributed by atoms with E-state index in [4.69, 9.17) is 0 Å². The highest BCUT2D eigenvalue weighted by atomic mass is 15.2. The van der Waals surface area contributed by atoms with Crippen molar-refractivity contribution in [3.05, 3.63) is 197 Å². The van der Waals surface area contributed by atoms with Crippen molar-refractivity contribution in [3.63, 3.8) is 0 Å². The first-order valence-electron chi connectivity index (χ1n) is 23.6. The van der Waals surface area contributed by atoms with Gasteiger partial charge in [-0.1, -0.05) is 156 Å². The number of hydrogen-bond acceptors (Lipinski definition) is 2. The van der Waals surface area contributed by atoms with E-state index in [0.29, 0.717) is 35.8 Å². The van der Waals surface area contributed by atoms with Crippen molar-refractivity contribution in [1.82, 2.24) is 4.90 Å². The SMILES string of the molecule is C=CCC/C=C\Cc1ccc(N(C(/C=C\C)=C/C)C2CC=C3C(C(C)(C)C)=C4C=C(N(C5=CC=C(C6C=CC=CC6)CC5)C5C=CC=CC5)C=CC4C(C(C)(C)C)C3C2)cc1. The van der Waals surface area contributed by atoms with Crippen LogP contribution in [0.5, 0.6) is 0 Å². The highest BCUT2D eigenvalue weighted by Crippen LogP contribution is 2.58. The van der Waals surface area contributed by atoms with Crippen molar-refractivity contribution < 1.29 is 0 Å². The Morgan fingerprint density at radius 2 is 1.61 bits per heavy atom. The highest BCUT2D eigenvalue weighted by Gasteiger charge is 2.50. The number of anilines is 1. The molecule has 1 aromatic rings. The Morgan fingerprint density at radius 1 is 0.836 bits per heavy atom. The van der Waals surface area contributed by atoms with Gasteiger partial charge in [0.1, 0.15) is 0 Å². The third kappa shape index (κ3) is 9.96. The molecule has 0 radical (unpaired) electrons. The molecule has 6 atom stereocenters. The normalized spacial score (nSPS) is 26.5. The summed E-state index contributed by atoms with van der Waals surface area (Å²) in [5.41, 5.74) is 13.1. The molecule has 7 rings (SSSR count). The summed E-state index contributed by atoms with van der Waals surface area (Å²) < 4.78 is 0. The molecule has 2 nitrogen and oxygen atoms in total. The maximum Gasteiger partial charge on any atom is 0.0556 e. The Labute approximate surface area is 371 Å². The first kappa shape index (κ1) is 44.2. The van der Waals surface area contributed by atoms with Crippen LogP contribution in [0.4, 0.5) is 5.69 Å². The summed E-state index contributed by atoms with van der Waals surface area (Å²) in [5.74, 6) is 1.79. The van der Waals surface area contributed by atoms with Crippen LogP contribution in [0.3, 0.4) is 0 Å². The van der Waals surface area contributed by atoms with E-state index < -0.39 is 0 Å². The van der Waals surface area contributed by atoms with Crippen molar-refractivity contribution in [2.45, 2.75) is 125 Å². The Morgan fingerprint density at radius 3 is 2.23 bits per heavy atom. The number of unbranched alkanes of at least 4 members (excludes halogenated alkanes) is 1. The minimum atomic E-state index is -0.00274. The third-order valence-electron chi connectivity index (χ3n) is 13.9. The number of nitrogens with zero attached hydrogens (tertiary/aromatic N) is 2. The van der Waals surface area contributed by atoms with Gasteiger partial charge in [0, 0.05) is 40.7 Å². The fourth-order valence-electron chi connectivity index (χ4n) is 11.2. The lowest BCUT2D eigenvalue weighted by molar-refractivity contribution is 0.119. The molecule has 2 heteroatoms. The molecule has 1 aromatic carbocycles. The van der Waals surface area contributed by atoms with E-state index in [1.165, 1.54) is 28.3 Å².